The van der Waals surface area contributed by atoms with E-state index < -0.39 is 10.1 Å². The van der Waals surface area contributed by atoms with Gasteiger partial charge in [-0.05, 0) is 37.1 Å². The van der Waals surface area contributed by atoms with Crippen LogP contribution in [0.5, 0.6) is 5.75 Å². The first kappa shape index (κ1) is 21.0. The molecule has 0 aliphatic carbocycles. The lowest BCUT2D eigenvalue weighted by molar-refractivity contribution is 0.488. The maximum atomic E-state index is 12.3. The highest BCUT2D eigenvalue weighted by molar-refractivity contribution is 8.00. The molecular weight excluding hydrogens is 444 g/mol. The zero-order valence-electron chi connectivity index (χ0n) is 16.1. The van der Waals surface area contributed by atoms with Crippen molar-refractivity contribution in [3.63, 3.8) is 0 Å². The lowest BCUT2D eigenvalue weighted by atomic mass is 10.3. The normalized spacial score (nSPS) is 14.2. The van der Waals surface area contributed by atoms with Crippen LogP contribution in [0.4, 0.5) is 5.95 Å². The van der Waals surface area contributed by atoms with Gasteiger partial charge in [0.25, 0.3) is 0 Å². The molecule has 2 heterocycles. The van der Waals surface area contributed by atoms with Gasteiger partial charge >= 0.3 is 10.1 Å². The molecule has 2 aromatic carbocycles. The predicted molar refractivity (Wildman–Crippen MR) is 119 cm³/mol. The second-order valence-corrected chi connectivity index (χ2v) is 9.93. The zero-order valence-corrected chi connectivity index (χ0v) is 18.5. The average molecular weight is 465 g/mol. The van der Waals surface area contributed by atoms with Crippen molar-refractivity contribution < 1.29 is 12.6 Å². The molecule has 0 unspecified atom stereocenters. The fraction of sp³-hybridized carbons (Fsp3) is 0.300. The zero-order chi connectivity index (χ0) is 21.0. The number of halogens is 1. The van der Waals surface area contributed by atoms with Crippen molar-refractivity contribution in [2.45, 2.75) is 18.0 Å². The van der Waals surface area contributed by atoms with Gasteiger partial charge in [0.05, 0.1) is 16.5 Å². The van der Waals surface area contributed by atoms with E-state index in [9.17, 15) is 8.42 Å². The van der Waals surface area contributed by atoms with E-state index in [0.29, 0.717) is 15.9 Å². The van der Waals surface area contributed by atoms with Gasteiger partial charge in [0.15, 0.2) is 5.16 Å². The maximum Gasteiger partial charge on any atom is 0.310 e. The molecule has 0 bridgehead atoms. The molecule has 0 saturated carbocycles. The summed E-state index contributed by atoms with van der Waals surface area (Å²) in [4.78, 5) is 2.18. The number of para-hydroxylation sites is 2. The van der Waals surface area contributed by atoms with Crippen LogP contribution in [0.1, 0.15) is 12.8 Å². The van der Waals surface area contributed by atoms with E-state index in [-0.39, 0.29) is 11.5 Å². The molecule has 1 saturated heterocycles. The SMILES string of the molecule is O=S(=O)(CCSc1nnc(N2CCCC2)n1-c1ccccc1Cl)Oc1ccccc1. The smallest absolute Gasteiger partial charge is 0.310 e. The van der Waals surface area contributed by atoms with E-state index >= 15 is 0 Å². The standard InChI is InChI=1S/C20H21ClN4O3S2/c21-17-10-4-5-11-18(17)25-19(24-12-6-7-13-24)22-23-20(25)29-14-15-30(26,27)28-16-8-2-1-3-9-16/h1-5,8-11H,6-7,12-15H2. The quantitative estimate of drug-likeness (QED) is 0.368. The third kappa shape index (κ3) is 4.91. The first-order valence-corrected chi connectivity index (χ1v) is 12.5. The number of rotatable bonds is 8. The van der Waals surface area contributed by atoms with Crippen molar-refractivity contribution in [2.75, 3.05) is 29.5 Å². The summed E-state index contributed by atoms with van der Waals surface area (Å²) in [5, 5.41) is 9.88. The third-order valence-corrected chi connectivity index (χ3v) is 7.29. The molecule has 1 aliphatic rings. The van der Waals surface area contributed by atoms with Crippen LogP contribution in [0, 0.1) is 0 Å². The van der Waals surface area contributed by atoms with Crippen LogP contribution in [0.3, 0.4) is 0 Å². The summed E-state index contributed by atoms with van der Waals surface area (Å²) in [7, 11) is -3.71. The third-order valence-electron chi connectivity index (χ3n) is 4.63. The number of thioether (sulfide) groups is 1. The van der Waals surface area contributed by atoms with Gasteiger partial charge in [-0.3, -0.25) is 4.57 Å². The molecule has 0 radical (unpaired) electrons. The summed E-state index contributed by atoms with van der Waals surface area (Å²) >= 11 is 7.76. The minimum atomic E-state index is -3.71. The summed E-state index contributed by atoms with van der Waals surface area (Å²) in [6.45, 7) is 1.82. The van der Waals surface area contributed by atoms with Crippen molar-refractivity contribution >= 4 is 39.4 Å². The van der Waals surface area contributed by atoms with Crippen molar-refractivity contribution in [1.29, 1.82) is 0 Å². The molecule has 1 fully saturated rings. The number of nitrogens with zero attached hydrogens (tertiary/aromatic N) is 4. The molecule has 4 rings (SSSR count). The molecule has 0 atom stereocenters. The largest absolute Gasteiger partial charge is 0.382 e. The molecule has 158 valence electrons. The first-order valence-electron chi connectivity index (χ1n) is 9.59. The molecule has 0 amide bonds. The van der Waals surface area contributed by atoms with Crippen molar-refractivity contribution in [3.05, 3.63) is 59.6 Å². The Bertz CT molecular complexity index is 1100. The molecule has 3 aromatic rings. The molecule has 7 nitrogen and oxygen atoms in total. The van der Waals surface area contributed by atoms with Gasteiger partial charge in [-0.1, -0.05) is 53.7 Å². The van der Waals surface area contributed by atoms with Gasteiger partial charge in [-0.2, -0.15) is 8.42 Å². The number of benzene rings is 2. The summed E-state index contributed by atoms with van der Waals surface area (Å²) in [5.74, 6) is 1.16. The minimum Gasteiger partial charge on any atom is -0.382 e. The molecular formula is C20H21ClN4O3S2. The second kappa shape index (κ2) is 9.28. The van der Waals surface area contributed by atoms with E-state index in [0.717, 1.165) is 37.6 Å². The Balaban J connectivity index is 1.52. The number of hydrogen-bond acceptors (Lipinski definition) is 7. The van der Waals surface area contributed by atoms with Gasteiger partial charge < -0.3 is 9.08 Å². The monoisotopic (exact) mass is 464 g/mol. The summed E-state index contributed by atoms with van der Waals surface area (Å²) in [6, 6.07) is 16.0. The molecule has 1 aliphatic heterocycles. The van der Waals surface area contributed by atoms with Gasteiger partial charge in [-0.25, -0.2) is 0 Å². The van der Waals surface area contributed by atoms with E-state index in [2.05, 4.69) is 15.1 Å². The Morgan fingerprint density at radius 2 is 1.70 bits per heavy atom. The predicted octanol–water partition coefficient (Wildman–Crippen LogP) is 4.02. The van der Waals surface area contributed by atoms with E-state index in [1.165, 1.54) is 11.8 Å². The topological polar surface area (TPSA) is 77.3 Å². The Morgan fingerprint density at radius 3 is 2.43 bits per heavy atom. The average Bonchev–Trinajstić information content (AvgIpc) is 3.38. The van der Waals surface area contributed by atoms with Crippen molar-refractivity contribution in [3.8, 4) is 11.4 Å². The summed E-state index contributed by atoms with van der Waals surface area (Å²) < 4.78 is 31.7. The van der Waals surface area contributed by atoms with Crippen LogP contribution >= 0.6 is 23.4 Å². The highest BCUT2D eigenvalue weighted by atomic mass is 35.5. The number of hydrogen-bond donors (Lipinski definition) is 0. The van der Waals surface area contributed by atoms with E-state index in [1.54, 1.807) is 30.3 Å². The van der Waals surface area contributed by atoms with Crippen LogP contribution < -0.4 is 9.08 Å². The van der Waals surface area contributed by atoms with E-state index in [4.69, 9.17) is 15.8 Å². The fourth-order valence-electron chi connectivity index (χ4n) is 3.22. The Morgan fingerprint density at radius 1 is 1.00 bits per heavy atom. The summed E-state index contributed by atoms with van der Waals surface area (Å²) in [5.41, 5.74) is 0.775. The highest BCUT2D eigenvalue weighted by Crippen LogP contribution is 2.32. The number of aromatic nitrogens is 3. The van der Waals surface area contributed by atoms with Crippen LogP contribution in [-0.2, 0) is 10.1 Å². The molecule has 30 heavy (non-hydrogen) atoms. The first-order chi connectivity index (χ1) is 14.5. The van der Waals surface area contributed by atoms with Crippen LogP contribution in [0.2, 0.25) is 5.02 Å². The number of anilines is 1. The van der Waals surface area contributed by atoms with Crippen molar-refractivity contribution in [1.82, 2.24) is 14.8 Å². The van der Waals surface area contributed by atoms with Crippen molar-refractivity contribution in [2.24, 2.45) is 0 Å². The molecule has 0 spiro atoms. The fourth-order valence-corrected chi connectivity index (χ4v) is 5.67. The van der Waals surface area contributed by atoms with Crippen LogP contribution in [0.15, 0.2) is 59.8 Å². The van der Waals surface area contributed by atoms with E-state index in [1.807, 2.05) is 28.8 Å². The van der Waals surface area contributed by atoms with Crippen LogP contribution in [0.25, 0.3) is 5.69 Å². The maximum absolute atomic E-state index is 12.3. The molecule has 1 aromatic heterocycles. The van der Waals surface area contributed by atoms with Gasteiger partial charge in [0.1, 0.15) is 5.75 Å². The van der Waals surface area contributed by atoms with Gasteiger partial charge in [0, 0.05) is 18.8 Å². The van der Waals surface area contributed by atoms with Gasteiger partial charge in [0.2, 0.25) is 5.95 Å². The minimum absolute atomic E-state index is 0.152. The second-order valence-electron chi connectivity index (χ2n) is 6.77. The molecule has 10 heteroatoms. The Hall–Kier alpha value is -2.23. The Kier molecular flexibility index (Phi) is 6.50. The molecule has 0 N–H and O–H groups in total. The lowest BCUT2D eigenvalue weighted by Gasteiger charge is -2.19. The highest BCUT2D eigenvalue weighted by Gasteiger charge is 2.24. The van der Waals surface area contributed by atoms with Gasteiger partial charge in [-0.15, -0.1) is 10.2 Å². The van der Waals surface area contributed by atoms with Crippen LogP contribution in [-0.4, -0.2) is 47.8 Å². The lowest BCUT2D eigenvalue weighted by Crippen LogP contribution is -2.22. The summed E-state index contributed by atoms with van der Waals surface area (Å²) in [6.07, 6.45) is 2.21. The Labute approximate surface area is 185 Å².